The van der Waals surface area contributed by atoms with Crippen LogP contribution in [0.25, 0.3) is 17.4 Å². The van der Waals surface area contributed by atoms with Gasteiger partial charge in [-0.25, -0.2) is 0 Å². The van der Waals surface area contributed by atoms with Gasteiger partial charge in [0.2, 0.25) is 5.91 Å². The molecule has 0 atom stereocenters. The summed E-state index contributed by atoms with van der Waals surface area (Å²) in [6.07, 6.45) is 3.06. The highest BCUT2D eigenvalue weighted by Crippen LogP contribution is 2.34. The number of furan rings is 1. The third-order valence-corrected chi connectivity index (χ3v) is 7.65. The van der Waals surface area contributed by atoms with Crippen molar-refractivity contribution in [1.82, 2.24) is 4.90 Å². The van der Waals surface area contributed by atoms with Crippen LogP contribution in [0.4, 0.5) is 11.4 Å². The average Bonchev–Trinajstić information content (AvgIpc) is 3.40. The van der Waals surface area contributed by atoms with E-state index < -0.39 is 0 Å². The van der Waals surface area contributed by atoms with Crippen molar-refractivity contribution >= 4 is 58.2 Å². The van der Waals surface area contributed by atoms with Gasteiger partial charge in [-0.2, -0.15) is 0 Å². The van der Waals surface area contributed by atoms with Crippen LogP contribution in [0.2, 0.25) is 15.1 Å². The lowest BCUT2D eigenvalue weighted by Crippen LogP contribution is -2.46. The predicted octanol–water partition coefficient (Wildman–Crippen LogP) is 7.88. The van der Waals surface area contributed by atoms with E-state index in [4.69, 9.17) is 39.2 Å². The van der Waals surface area contributed by atoms with E-state index >= 15 is 0 Å². The molecule has 0 unspecified atom stereocenters. The van der Waals surface area contributed by atoms with Gasteiger partial charge in [-0.1, -0.05) is 59.1 Å². The van der Waals surface area contributed by atoms with Crippen molar-refractivity contribution in [2.75, 3.05) is 36.4 Å². The maximum absolute atomic E-state index is 12.5. The zero-order valence-corrected chi connectivity index (χ0v) is 22.8. The molecule has 194 valence electrons. The van der Waals surface area contributed by atoms with Crippen LogP contribution in [-0.4, -0.2) is 37.0 Å². The number of rotatable bonds is 7. The van der Waals surface area contributed by atoms with E-state index in [1.54, 1.807) is 24.3 Å². The van der Waals surface area contributed by atoms with Crippen molar-refractivity contribution in [3.8, 4) is 11.3 Å². The molecule has 5 rings (SSSR count). The SMILES string of the molecule is O=C(C=Cc1ccc(-c2cccc(Cl)c2Cl)o1)Nc1ccc(N2CCN(Cc3ccccc3Cl)CC2)cc1. The van der Waals surface area contributed by atoms with Crippen molar-refractivity contribution in [2.24, 2.45) is 0 Å². The Labute approximate surface area is 237 Å². The Morgan fingerprint density at radius 3 is 2.34 bits per heavy atom. The van der Waals surface area contributed by atoms with E-state index in [9.17, 15) is 4.79 Å². The van der Waals surface area contributed by atoms with Gasteiger partial charge < -0.3 is 14.6 Å². The molecule has 4 aromatic rings. The zero-order chi connectivity index (χ0) is 26.5. The van der Waals surface area contributed by atoms with Crippen LogP contribution >= 0.6 is 34.8 Å². The Morgan fingerprint density at radius 2 is 1.58 bits per heavy atom. The first-order valence-electron chi connectivity index (χ1n) is 12.3. The van der Waals surface area contributed by atoms with Crippen LogP contribution in [0.3, 0.4) is 0 Å². The summed E-state index contributed by atoms with van der Waals surface area (Å²) in [5.41, 5.74) is 3.73. The number of nitrogens with zero attached hydrogens (tertiary/aromatic N) is 2. The van der Waals surface area contributed by atoms with Crippen LogP contribution < -0.4 is 10.2 Å². The fourth-order valence-corrected chi connectivity index (χ4v) is 5.00. The lowest BCUT2D eigenvalue weighted by molar-refractivity contribution is -0.111. The minimum absolute atomic E-state index is 0.246. The topological polar surface area (TPSA) is 48.7 Å². The standard InChI is InChI=1S/C30H26Cl3N3O2/c31-26-6-2-1-4-21(26)20-35-16-18-36(19-17-35)23-10-8-22(9-11-23)34-29(37)15-13-24-12-14-28(38-24)25-5-3-7-27(32)30(25)33/h1-15H,16-20H2,(H,34,37). The van der Waals surface area contributed by atoms with Gasteiger partial charge in [0.1, 0.15) is 11.5 Å². The minimum Gasteiger partial charge on any atom is -0.457 e. The summed E-state index contributed by atoms with van der Waals surface area (Å²) in [4.78, 5) is 17.2. The number of amides is 1. The summed E-state index contributed by atoms with van der Waals surface area (Å²) in [6.45, 7) is 4.66. The van der Waals surface area contributed by atoms with Crippen LogP contribution in [0.5, 0.6) is 0 Å². The zero-order valence-electron chi connectivity index (χ0n) is 20.5. The van der Waals surface area contributed by atoms with Crippen molar-refractivity contribution in [2.45, 2.75) is 6.54 Å². The Hall–Kier alpha value is -3.22. The number of hydrogen-bond acceptors (Lipinski definition) is 4. The highest BCUT2D eigenvalue weighted by Gasteiger charge is 2.18. The highest BCUT2D eigenvalue weighted by molar-refractivity contribution is 6.43. The van der Waals surface area contributed by atoms with Gasteiger partial charge in [0.05, 0.1) is 10.0 Å². The maximum Gasteiger partial charge on any atom is 0.248 e. The normalized spacial score (nSPS) is 14.2. The molecule has 1 aliphatic rings. The Morgan fingerprint density at radius 1 is 0.842 bits per heavy atom. The molecule has 1 amide bonds. The third kappa shape index (κ3) is 6.43. The predicted molar refractivity (Wildman–Crippen MR) is 157 cm³/mol. The number of hydrogen-bond donors (Lipinski definition) is 1. The largest absolute Gasteiger partial charge is 0.457 e. The summed E-state index contributed by atoms with van der Waals surface area (Å²) in [5, 5.41) is 4.60. The molecule has 0 radical (unpaired) electrons. The quantitative estimate of drug-likeness (QED) is 0.231. The van der Waals surface area contributed by atoms with Gasteiger partial charge >= 0.3 is 0 Å². The van der Waals surface area contributed by atoms with Gasteiger partial charge in [0, 0.05) is 60.8 Å². The molecule has 1 aromatic heterocycles. The summed E-state index contributed by atoms with van der Waals surface area (Å²) in [6, 6.07) is 24.9. The van der Waals surface area contributed by atoms with Gasteiger partial charge in [-0.15, -0.1) is 0 Å². The maximum atomic E-state index is 12.5. The molecule has 1 N–H and O–H groups in total. The Bertz CT molecular complexity index is 1440. The second kappa shape index (κ2) is 12.1. The molecule has 0 aliphatic carbocycles. The fraction of sp³-hybridized carbons (Fsp3) is 0.167. The van der Waals surface area contributed by atoms with Gasteiger partial charge in [0.25, 0.3) is 0 Å². The number of carbonyl (C=O) groups excluding carboxylic acids is 1. The molecule has 8 heteroatoms. The minimum atomic E-state index is -0.246. The molecular formula is C30H26Cl3N3O2. The van der Waals surface area contributed by atoms with Crippen LogP contribution in [0.1, 0.15) is 11.3 Å². The molecule has 0 saturated carbocycles. The average molecular weight is 567 g/mol. The van der Waals surface area contributed by atoms with Crippen molar-refractivity contribution < 1.29 is 9.21 Å². The van der Waals surface area contributed by atoms with Crippen molar-refractivity contribution in [3.63, 3.8) is 0 Å². The first-order valence-corrected chi connectivity index (χ1v) is 13.4. The van der Waals surface area contributed by atoms with E-state index in [1.165, 1.54) is 6.08 Å². The van der Waals surface area contributed by atoms with Gasteiger partial charge in [-0.3, -0.25) is 9.69 Å². The monoisotopic (exact) mass is 565 g/mol. The lowest BCUT2D eigenvalue weighted by atomic mass is 10.2. The van der Waals surface area contributed by atoms with Gasteiger partial charge in [-0.05, 0) is 66.2 Å². The lowest BCUT2D eigenvalue weighted by Gasteiger charge is -2.36. The molecule has 0 spiro atoms. The number of benzene rings is 3. The molecule has 1 saturated heterocycles. The number of carbonyl (C=O) groups is 1. The van der Waals surface area contributed by atoms with E-state index in [0.29, 0.717) is 27.1 Å². The van der Waals surface area contributed by atoms with E-state index in [-0.39, 0.29) is 5.91 Å². The number of halogens is 3. The molecular weight excluding hydrogens is 541 g/mol. The number of piperazine rings is 1. The molecule has 2 heterocycles. The second-order valence-corrected chi connectivity index (χ2v) is 10.2. The van der Waals surface area contributed by atoms with Gasteiger partial charge in [0.15, 0.2) is 0 Å². The molecule has 1 fully saturated rings. The van der Waals surface area contributed by atoms with E-state index in [1.807, 2.05) is 54.6 Å². The summed E-state index contributed by atoms with van der Waals surface area (Å²) in [7, 11) is 0. The summed E-state index contributed by atoms with van der Waals surface area (Å²) >= 11 is 18.7. The molecule has 3 aromatic carbocycles. The molecule has 0 bridgehead atoms. The number of nitrogens with one attached hydrogen (secondary N) is 1. The first kappa shape index (κ1) is 26.4. The van der Waals surface area contributed by atoms with Crippen LogP contribution in [-0.2, 0) is 11.3 Å². The molecule has 5 nitrogen and oxygen atoms in total. The third-order valence-electron chi connectivity index (χ3n) is 6.47. The van der Waals surface area contributed by atoms with E-state index in [2.05, 4.69) is 21.2 Å². The van der Waals surface area contributed by atoms with Crippen molar-refractivity contribution in [3.05, 3.63) is 111 Å². The summed E-state index contributed by atoms with van der Waals surface area (Å²) < 4.78 is 5.81. The van der Waals surface area contributed by atoms with Crippen LogP contribution in [0.15, 0.2) is 89.4 Å². The Balaban J connectivity index is 1.12. The molecule has 1 aliphatic heterocycles. The first-order chi connectivity index (χ1) is 18.5. The fourth-order valence-electron chi connectivity index (χ4n) is 4.41. The van der Waals surface area contributed by atoms with Crippen molar-refractivity contribution in [1.29, 1.82) is 0 Å². The van der Waals surface area contributed by atoms with E-state index in [0.717, 1.165) is 54.7 Å². The number of anilines is 2. The Kier molecular flexibility index (Phi) is 8.40. The molecule has 38 heavy (non-hydrogen) atoms. The highest BCUT2D eigenvalue weighted by atomic mass is 35.5. The second-order valence-electron chi connectivity index (χ2n) is 9.03. The smallest absolute Gasteiger partial charge is 0.248 e. The van der Waals surface area contributed by atoms with Crippen LogP contribution in [0, 0.1) is 0 Å². The summed E-state index contributed by atoms with van der Waals surface area (Å²) in [5.74, 6) is 0.873.